The molecule has 3 heterocycles. The van der Waals surface area contributed by atoms with Crippen LogP contribution < -0.4 is 5.32 Å². The van der Waals surface area contributed by atoms with Crippen molar-refractivity contribution in [2.24, 2.45) is 0 Å². The predicted octanol–water partition coefficient (Wildman–Crippen LogP) is 2.75. The molecule has 0 radical (unpaired) electrons. The summed E-state index contributed by atoms with van der Waals surface area (Å²) in [7, 11) is 0. The number of hydrogen-bond acceptors (Lipinski definition) is 5. The number of hydrogen-bond donors (Lipinski definition) is 1. The van der Waals surface area contributed by atoms with Gasteiger partial charge < -0.3 is 9.88 Å². The Bertz CT molecular complexity index is 793. The first-order valence-corrected chi connectivity index (χ1v) is 8.37. The molecule has 112 valence electrons. The van der Waals surface area contributed by atoms with Gasteiger partial charge in [0.1, 0.15) is 11.5 Å². The molecule has 5 nitrogen and oxygen atoms in total. The normalized spacial score (nSPS) is 14.0. The van der Waals surface area contributed by atoms with Crippen molar-refractivity contribution >= 4 is 22.9 Å². The van der Waals surface area contributed by atoms with E-state index in [1.54, 1.807) is 11.3 Å². The number of thiazole rings is 1. The van der Waals surface area contributed by atoms with Crippen LogP contribution in [0.25, 0.3) is 11.5 Å². The summed E-state index contributed by atoms with van der Waals surface area (Å²) in [6.07, 6.45) is 0.810. The van der Waals surface area contributed by atoms with Crippen molar-refractivity contribution in [1.82, 2.24) is 25.1 Å². The van der Waals surface area contributed by atoms with Crippen LogP contribution in [0.3, 0.4) is 0 Å². The van der Waals surface area contributed by atoms with Gasteiger partial charge in [0.2, 0.25) is 0 Å². The Kier molecular flexibility index (Phi) is 3.65. The molecule has 3 aromatic rings. The van der Waals surface area contributed by atoms with Crippen LogP contribution in [0, 0.1) is 0 Å². The summed E-state index contributed by atoms with van der Waals surface area (Å²) in [5, 5.41) is 15.7. The molecular weight excluding hydrogens is 318 g/mol. The number of halogens is 1. The molecular formula is C15H14ClN5S. The van der Waals surface area contributed by atoms with E-state index in [2.05, 4.69) is 25.5 Å². The van der Waals surface area contributed by atoms with Gasteiger partial charge in [-0.25, -0.2) is 4.98 Å². The van der Waals surface area contributed by atoms with E-state index in [-0.39, 0.29) is 0 Å². The second-order valence-electron chi connectivity index (χ2n) is 5.20. The monoisotopic (exact) mass is 331 g/mol. The first-order valence-electron chi connectivity index (χ1n) is 7.11. The van der Waals surface area contributed by atoms with Crippen LogP contribution in [0.15, 0.2) is 29.6 Å². The molecule has 0 saturated carbocycles. The molecule has 0 bridgehead atoms. The maximum absolute atomic E-state index is 5.92. The maximum atomic E-state index is 5.92. The minimum atomic E-state index is 0.757. The van der Waals surface area contributed by atoms with Crippen molar-refractivity contribution < 1.29 is 0 Å². The van der Waals surface area contributed by atoms with Crippen LogP contribution in [0.4, 0.5) is 0 Å². The van der Waals surface area contributed by atoms with Gasteiger partial charge in [0.25, 0.3) is 0 Å². The Morgan fingerprint density at radius 2 is 2.09 bits per heavy atom. The maximum Gasteiger partial charge on any atom is 0.183 e. The number of benzene rings is 1. The van der Waals surface area contributed by atoms with Gasteiger partial charge in [0.15, 0.2) is 5.82 Å². The number of fused-ring (bicyclic) bond motifs is 1. The summed E-state index contributed by atoms with van der Waals surface area (Å²) in [6, 6.07) is 7.89. The average molecular weight is 332 g/mol. The van der Waals surface area contributed by atoms with E-state index >= 15 is 0 Å². The highest BCUT2D eigenvalue weighted by atomic mass is 35.5. The van der Waals surface area contributed by atoms with Crippen molar-refractivity contribution in [1.29, 1.82) is 0 Å². The summed E-state index contributed by atoms with van der Waals surface area (Å²) in [5.74, 6) is 1.85. The second-order valence-corrected chi connectivity index (χ2v) is 6.58. The number of nitrogens with one attached hydrogen (secondary N) is 1. The molecule has 0 spiro atoms. The van der Waals surface area contributed by atoms with Crippen LogP contribution in [0.1, 0.15) is 16.4 Å². The molecule has 0 atom stereocenters. The molecule has 0 fully saturated rings. The van der Waals surface area contributed by atoms with Crippen LogP contribution >= 0.6 is 22.9 Å². The van der Waals surface area contributed by atoms with Crippen LogP contribution in [0.2, 0.25) is 5.02 Å². The van der Waals surface area contributed by atoms with E-state index in [0.717, 1.165) is 53.4 Å². The molecule has 0 unspecified atom stereocenters. The molecule has 1 aliphatic rings. The molecule has 22 heavy (non-hydrogen) atoms. The van der Waals surface area contributed by atoms with E-state index in [9.17, 15) is 0 Å². The van der Waals surface area contributed by atoms with Crippen molar-refractivity contribution in [2.45, 2.75) is 19.5 Å². The molecule has 0 aliphatic carbocycles. The van der Waals surface area contributed by atoms with E-state index < -0.39 is 0 Å². The van der Waals surface area contributed by atoms with Crippen molar-refractivity contribution in [3.8, 4) is 11.5 Å². The molecule has 0 saturated heterocycles. The zero-order valence-electron chi connectivity index (χ0n) is 11.8. The fourth-order valence-corrected chi connectivity index (χ4v) is 3.49. The van der Waals surface area contributed by atoms with Crippen molar-refractivity contribution in [3.63, 3.8) is 0 Å². The smallest absolute Gasteiger partial charge is 0.183 e. The highest BCUT2D eigenvalue weighted by Gasteiger charge is 2.18. The van der Waals surface area contributed by atoms with Gasteiger partial charge in [0.05, 0.1) is 11.6 Å². The lowest BCUT2D eigenvalue weighted by Gasteiger charge is -2.15. The van der Waals surface area contributed by atoms with Crippen LogP contribution in [0.5, 0.6) is 0 Å². The summed E-state index contributed by atoms with van der Waals surface area (Å²) >= 11 is 7.57. The third kappa shape index (κ3) is 2.65. The van der Waals surface area contributed by atoms with Gasteiger partial charge in [-0.05, 0) is 17.7 Å². The molecule has 1 N–H and O–H groups in total. The summed E-state index contributed by atoms with van der Waals surface area (Å²) in [4.78, 5) is 4.72. The Morgan fingerprint density at radius 3 is 2.95 bits per heavy atom. The molecule has 4 rings (SSSR count). The van der Waals surface area contributed by atoms with Crippen molar-refractivity contribution in [3.05, 3.63) is 51.1 Å². The first kappa shape index (κ1) is 13.9. The second kappa shape index (κ2) is 5.79. The number of nitrogens with zero attached hydrogens (tertiary/aromatic N) is 4. The Labute approximate surface area is 137 Å². The van der Waals surface area contributed by atoms with Gasteiger partial charge >= 0.3 is 0 Å². The van der Waals surface area contributed by atoms with E-state index in [1.165, 1.54) is 5.56 Å². The lowest BCUT2D eigenvalue weighted by Crippen LogP contribution is -2.28. The topological polar surface area (TPSA) is 55.6 Å². The standard InChI is InChI=1S/C15H14ClN5S/c16-11-3-1-10(2-4-11)7-14-18-12(9-22-14)15-20-19-13-8-17-5-6-21(13)15/h1-4,9,17H,5-8H2. The fourth-order valence-electron chi connectivity index (χ4n) is 2.55. The highest BCUT2D eigenvalue weighted by molar-refractivity contribution is 7.10. The lowest BCUT2D eigenvalue weighted by molar-refractivity contribution is 0.508. The van der Waals surface area contributed by atoms with Crippen molar-refractivity contribution in [2.75, 3.05) is 6.54 Å². The fraction of sp³-hybridized carbons (Fsp3) is 0.267. The quantitative estimate of drug-likeness (QED) is 0.801. The zero-order valence-corrected chi connectivity index (χ0v) is 13.4. The Morgan fingerprint density at radius 1 is 1.23 bits per heavy atom. The van der Waals surface area contributed by atoms with E-state index in [1.807, 2.05) is 24.3 Å². The van der Waals surface area contributed by atoms with Gasteiger partial charge in [-0.1, -0.05) is 23.7 Å². The number of aromatic nitrogens is 4. The molecule has 0 amide bonds. The van der Waals surface area contributed by atoms with E-state index in [0.29, 0.717) is 0 Å². The van der Waals surface area contributed by atoms with Crippen LogP contribution in [-0.4, -0.2) is 26.3 Å². The molecule has 1 aliphatic heterocycles. The lowest BCUT2D eigenvalue weighted by atomic mass is 10.2. The summed E-state index contributed by atoms with van der Waals surface area (Å²) in [5.41, 5.74) is 2.12. The van der Waals surface area contributed by atoms with Gasteiger partial charge in [-0.2, -0.15) is 0 Å². The Hall–Kier alpha value is -1.76. The Balaban J connectivity index is 1.59. The largest absolute Gasteiger partial charge is 0.308 e. The minimum absolute atomic E-state index is 0.757. The summed E-state index contributed by atoms with van der Waals surface area (Å²) < 4.78 is 2.15. The molecule has 2 aromatic heterocycles. The van der Waals surface area contributed by atoms with Gasteiger partial charge in [-0.15, -0.1) is 21.5 Å². The van der Waals surface area contributed by atoms with Gasteiger partial charge in [-0.3, -0.25) is 0 Å². The minimum Gasteiger partial charge on any atom is -0.308 e. The third-order valence-corrected chi connectivity index (χ3v) is 4.77. The molecule has 7 heteroatoms. The highest BCUT2D eigenvalue weighted by Crippen LogP contribution is 2.24. The third-order valence-electron chi connectivity index (χ3n) is 3.67. The first-order chi connectivity index (χ1) is 10.8. The molecule has 1 aromatic carbocycles. The average Bonchev–Trinajstić information content (AvgIpc) is 3.16. The van der Waals surface area contributed by atoms with Crippen LogP contribution in [-0.2, 0) is 19.5 Å². The zero-order chi connectivity index (χ0) is 14.9. The predicted molar refractivity (Wildman–Crippen MR) is 87.1 cm³/mol. The van der Waals surface area contributed by atoms with Gasteiger partial charge in [0, 0.05) is 29.9 Å². The summed E-state index contributed by atoms with van der Waals surface area (Å²) in [6.45, 7) is 2.61. The number of rotatable bonds is 3. The SMILES string of the molecule is Clc1ccc(Cc2nc(-c3nnc4n3CCNC4)cs2)cc1. The van der Waals surface area contributed by atoms with E-state index in [4.69, 9.17) is 16.6 Å².